The molecular formula is C20H22F2N4O2. The van der Waals surface area contributed by atoms with Gasteiger partial charge in [0.25, 0.3) is 5.91 Å². The van der Waals surface area contributed by atoms with Crippen LogP contribution in [-0.4, -0.2) is 47.9 Å². The Kier molecular flexibility index (Phi) is 6.65. The largest absolute Gasteiger partial charge is 0.352 e. The lowest BCUT2D eigenvalue weighted by molar-refractivity contribution is -0.134. The van der Waals surface area contributed by atoms with Gasteiger partial charge in [-0.15, -0.1) is 0 Å². The van der Waals surface area contributed by atoms with Crippen molar-refractivity contribution in [2.45, 2.75) is 18.9 Å². The minimum atomic E-state index is -0.909. The van der Waals surface area contributed by atoms with E-state index in [1.807, 2.05) is 17.0 Å². The first-order chi connectivity index (χ1) is 13.6. The quantitative estimate of drug-likeness (QED) is 0.743. The van der Waals surface area contributed by atoms with Crippen molar-refractivity contribution in [2.75, 3.05) is 26.2 Å². The number of pyridine rings is 1. The highest BCUT2D eigenvalue weighted by molar-refractivity contribution is 5.94. The van der Waals surface area contributed by atoms with Crippen molar-refractivity contribution in [3.05, 3.63) is 65.5 Å². The molecule has 2 heterocycles. The molecule has 1 atom stereocenters. The minimum Gasteiger partial charge on any atom is -0.352 e. The van der Waals surface area contributed by atoms with Crippen molar-refractivity contribution < 1.29 is 18.4 Å². The Morgan fingerprint density at radius 1 is 1.29 bits per heavy atom. The molecule has 1 aromatic carbocycles. The monoisotopic (exact) mass is 388 g/mol. The number of halogens is 2. The fourth-order valence-corrected chi connectivity index (χ4v) is 3.23. The van der Waals surface area contributed by atoms with E-state index in [1.54, 1.807) is 12.4 Å². The molecule has 6 nitrogen and oxygen atoms in total. The van der Waals surface area contributed by atoms with Gasteiger partial charge in [-0.1, -0.05) is 6.07 Å². The molecule has 1 unspecified atom stereocenters. The number of amides is 2. The van der Waals surface area contributed by atoms with Crippen LogP contribution in [0.25, 0.3) is 0 Å². The lowest BCUT2D eigenvalue weighted by Gasteiger charge is -2.36. The lowest BCUT2D eigenvalue weighted by Crippen LogP contribution is -2.48. The first kappa shape index (κ1) is 19.9. The van der Waals surface area contributed by atoms with Gasteiger partial charge in [-0.25, -0.2) is 8.78 Å². The molecule has 0 saturated carbocycles. The number of rotatable bonds is 6. The summed E-state index contributed by atoms with van der Waals surface area (Å²) in [6, 6.07) is 6.52. The van der Waals surface area contributed by atoms with Gasteiger partial charge >= 0.3 is 0 Å². The molecule has 28 heavy (non-hydrogen) atoms. The van der Waals surface area contributed by atoms with Crippen LogP contribution in [0.15, 0.2) is 42.7 Å². The molecule has 1 saturated heterocycles. The normalized spacial score (nSPS) is 16.6. The van der Waals surface area contributed by atoms with E-state index >= 15 is 0 Å². The Hall–Kier alpha value is -2.87. The van der Waals surface area contributed by atoms with Gasteiger partial charge < -0.3 is 15.5 Å². The van der Waals surface area contributed by atoms with Gasteiger partial charge in [-0.05, 0) is 30.2 Å². The van der Waals surface area contributed by atoms with Crippen molar-refractivity contribution in [1.82, 2.24) is 20.5 Å². The highest BCUT2D eigenvalue weighted by Gasteiger charge is 2.27. The SMILES string of the molecule is O=C(NCCCC(=O)N1CCNCC1c1cccnc1)c1ccc(F)cc1F. The maximum absolute atomic E-state index is 13.6. The van der Waals surface area contributed by atoms with Crippen LogP contribution in [0.2, 0.25) is 0 Å². The summed E-state index contributed by atoms with van der Waals surface area (Å²) in [5, 5.41) is 5.85. The van der Waals surface area contributed by atoms with Gasteiger partial charge in [0.1, 0.15) is 11.6 Å². The predicted octanol–water partition coefficient (Wildman–Crippen LogP) is 2.04. The standard InChI is InChI=1S/C20H22F2N4O2/c21-15-5-6-16(17(22)11-15)20(28)25-8-2-4-19(27)26-10-9-24-13-18(26)14-3-1-7-23-12-14/h1,3,5-7,11-12,18,24H,2,4,8-10,13H2,(H,25,28). The first-order valence-corrected chi connectivity index (χ1v) is 9.19. The summed E-state index contributed by atoms with van der Waals surface area (Å²) in [5.74, 6) is -2.27. The molecule has 0 radical (unpaired) electrons. The fraction of sp³-hybridized carbons (Fsp3) is 0.350. The molecule has 1 aliphatic rings. The van der Waals surface area contributed by atoms with E-state index in [4.69, 9.17) is 0 Å². The molecule has 2 aromatic rings. The van der Waals surface area contributed by atoms with E-state index < -0.39 is 17.5 Å². The topological polar surface area (TPSA) is 74.3 Å². The number of nitrogens with zero attached hydrogens (tertiary/aromatic N) is 2. The Morgan fingerprint density at radius 2 is 2.14 bits per heavy atom. The third-order valence-corrected chi connectivity index (χ3v) is 4.66. The molecule has 0 aliphatic carbocycles. The molecule has 2 amide bonds. The highest BCUT2D eigenvalue weighted by Crippen LogP contribution is 2.22. The number of carbonyl (C=O) groups excluding carboxylic acids is 2. The molecule has 8 heteroatoms. The van der Waals surface area contributed by atoms with Gasteiger partial charge in [-0.3, -0.25) is 14.6 Å². The van der Waals surface area contributed by atoms with Gasteiger partial charge in [0.15, 0.2) is 0 Å². The Labute approximate surface area is 162 Å². The number of carbonyl (C=O) groups is 2. The van der Waals surface area contributed by atoms with Crippen molar-refractivity contribution in [2.24, 2.45) is 0 Å². The van der Waals surface area contributed by atoms with Crippen LogP contribution < -0.4 is 10.6 Å². The third kappa shape index (κ3) is 4.89. The van der Waals surface area contributed by atoms with Crippen LogP contribution in [0.1, 0.15) is 34.8 Å². The molecule has 1 aliphatic heterocycles. The number of aromatic nitrogens is 1. The van der Waals surface area contributed by atoms with Gasteiger partial charge in [-0.2, -0.15) is 0 Å². The van der Waals surface area contributed by atoms with Crippen LogP contribution in [0, 0.1) is 11.6 Å². The zero-order valence-corrected chi connectivity index (χ0v) is 15.3. The second-order valence-electron chi connectivity index (χ2n) is 6.58. The van der Waals surface area contributed by atoms with Gasteiger partial charge in [0.05, 0.1) is 11.6 Å². The molecular weight excluding hydrogens is 366 g/mol. The number of benzene rings is 1. The van der Waals surface area contributed by atoms with E-state index in [0.29, 0.717) is 25.6 Å². The number of hydrogen-bond acceptors (Lipinski definition) is 4. The van der Waals surface area contributed by atoms with E-state index in [2.05, 4.69) is 15.6 Å². The maximum Gasteiger partial charge on any atom is 0.254 e. The van der Waals surface area contributed by atoms with Crippen LogP contribution in [0.4, 0.5) is 8.78 Å². The maximum atomic E-state index is 13.6. The molecule has 3 rings (SSSR count). The number of piperazine rings is 1. The second kappa shape index (κ2) is 9.36. The van der Waals surface area contributed by atoms with Crippen LogP contribution >= 0.6 is 0 Å². The smallest absolute Gasteiger partial charge is 0.254 e. The first-order valence-electron chi connectivity index (χ1n) is 9.19. The highest BCUT2D eigenvalue weighted by atomic mass is 19.1. The second-order valence-corrected chi connectivity index (χ2v) is 6.58. The zero-order chi connectivity index (χ0) is 19.9. The van der Waals surface area contributed by atoms with E-state index in [1.165, 1.54) is 0 Å². The molecule has 2 N–H and O–H groups in total. The van der Waals surface area contributed by atoms with Gasteiger partial charge in [0, 0.05) is 51.1 Å². The van der Waals surface area contributed by atoms with Crippen molar-refractivity contribution in [3.63, 3.8) is 0 Å². The molecule has 1 aromatic heterocycles. The summed E-state index contributed by atoms with van der Waals surface area (Å²) in [7, 11) is 0. The predicted molar refractivity (Wildman–Crippen MR) is 99.5 cm³/mol. The van der Waals surface area contributed by atoms with E-state index in [9.17, 15) is 18.4 Å². The summed E-state index contributed by atoms with van der Waals surface area (Å²) in [6.07, 6.45) is 4.15. The third-order valence-electron chi connectivity index (χ3n) is 4.66. The molecule has 148 valence electrons. The minimum absolute atomic E-state index is 0.00225. The zero-order valence-electron chi connectivity index (χ0n) is 15.3. The van der Waals surface area contributed by atoms with Crippen LogP contribution in [0.3, 0.4) is 0 Å². The number of nitrogens with one attached hydrogen (secondary N) is 2. The van der Waals surface area contributed by atoms with E-state index in [0.717, 1.165) is 24.2 Å². The summed E-state index contributed by atoms with van der Waals surface area (Å²) < 4.78 is 26.5. The number of hydrogen-bond donors (Lipinski definition) is 2. The Morgan fingerprint density at radius 3 is 2.89 bits per heavy atom. The average molecular weight is 388 g/mol. The van der Waals surface area contributed by atoms with E-state index in [-0.39, 0.29) is 30.5 Å². The van der Waals surface area contributed by atoms with Crippen molar-refractivity contribution in [1.29, 1.82) is 0 Å². The summed E-state index contributed by atoms with van der Waals surface area (Å²) in [4.78, 5) is 30.6. The Bertz CT molecular complexity index is 832. The average Bonchev–Trinajstić information content (AvgIpc) is 2.71. The fourth-order valence-electron chi connectivity index (χ4n) is 3.23. The molecule has 0 spiro atoms. The van der Waals surface area contributed by atoms with Crippen molar-refractivity contribution >= 4 is 11.8 Å². The Balaban J connectivity index is 1.50. The molecule has 0 bridgehead atoms. The summed E-state index contributed by atoms with van der Waals surface area (Å²) in [6.45, 7) is 2.22. The van der Waals surface area contributed by atoms with Crippen LogP contribution in [-0.2, 0) is 4.79 Å². The summed E-state index contributed by atoms with van der Waals surface area (Å²) >= 11 is 0. The van der Waals surface area contributed by atoms with Crippen molar-refractivity contribution in [3.8, 4) is 0 Å². The molecule has 1 fully saturated rings. The van der Waals surface area contributed by atoms with Crippen LogP contribution in [0.5, 0.6) is 0 Å². The lowest BCUT2D eigenvalue weighted by atomic mass is 10.0. The summed E-state index contributed by atoms with van der Waals surface area (Å²) in [5.41, 5.74) is 0.759. The van der Waals surface area contributed by atoms with Gasteiger partial charge in [0.2, 0.25) is 5.91 Å².